The third-order valence-electron chi connectivity index (χ3n) is 7.65. The number of para-hydroxylation sites is 1. The Hall–Kier alpha value is -2.60. The summed E-state index contributed by atoms with van der Waals surface area (Å²) in [7, 11) is 2.17. The fraction of sp³-hybridized carbons (Fsp3) is 0.269. The van der Waals surface area contributed by atoms with Crippen molar-refractivity contribution in [3.05, 3.63) is 99.9 Å². The maximum atomic E-state index is 15.2. The molecule has 1 aliphatic heterocycles. The van der Waals surface area contributed by atoms with Gasteiger partial charge in [-0.1, -0.05) is 54.7 Å². The molecule has 0 amide bonds. The summed E-state index contributed by atoms with van der Waals surface area (Å²) < 4.78 is 23.0. The van der Waals surface area contributed by atoms with Crippen LogP contribution in [0.2, 0.25) is 0 Å². The molecule has 5 heteroatoms. The smallest absolute Gasteiger partial charge is 0.131 e. The van der Waals surface area contributed by atoms with Crippen molar-refractivity contribution in [2.24, 2.45) is 5.41 Å². The van der Waals surface area contributed by atoms with Crippen LogP contribution in [0.3, 0.4) is 0 Å². The summed E-state index contributed by atoms with van der Waals surface area (Å²) in [4.78, 5) is 7.16. The van der Waals surface area contributed by atoms with Gasteiger partial charge in [-0.05, 0) is 36.7 Å². The van der Waals surface area contributed by atoms with Crippen LogP contribution in [0.5, 0.6) is 0 Å². The molecule has 1 fully saturated rings. The minimum Gasteiger partial charge on any atom is -0.370 e. The minimum absolute atomic E-state index is 0.0686. The van der Waals surface area contributed by atoms with Crippen LogP contribution < -0.4 is 0 Å². The standard InChI is InChI=1S/C26H21FN2OS/c1-29-13-12-22(30-15-23-28-20-10-2-3-11-21(20)31-23)25(18-8-5-9-19(25)24(18)27)26(29)16-6-4-7-17(26)14-16/h2-11,14,22H,12-13,15H2,1H3. The van der Waals surface area contributed by atoms with E-state index in [4.69, 9.17) is 9.72 Å². The monoisotopic (exact) mass is 428 g/mol. The maximum Gasteiger partial charge on any atom is 0.131 e. The van der Waals surface area contributed by atoms with Crippen LogP contribution in [0.25, 0.3) is 10.2 Å². The van der Waals surface area contributed by atoms with Crippen molar-refractivity contribution in [3.8, 4) is 0 Å². The first-order valence-corrected chi connectivity index (χ1v) is 11.6. The molecule has 2 heterocycles. The van der Waals surface area contributed by atoms with Crippen molar-refractivity contribution in [1.82, 2.24) is 9.88 Å². The molecule has 1 saturated heterocycles. The van der Waals surface area contributed by atoms with Crippen LogP contribution in [0, 0.1) is 5.41 Å². The molecule has 5 aliphatic rings. The van der Waals surface area contributed by atoms with Crippen LogP contribution in [-0.2, 0) is 11.3 Å². The van der Waals surface area contributed by atoms with E-state index in [1.807, 2.05) is 36.4 Å². The average molecular weight is 429 g/mol. The number of rotatable bonds is 3. The first kappa shape index (κ1) is 18.0. The highest BCUT2D eigenvalue weighted by atomic mass is 32.1. The molecule has 2 spiro atoms. The summed E-state index contributed by atoms with van der Waals surface area (Å²) >= 11 is 1.68. The first-order chi connectivity index (χ1) is 15.2. The molecule has 7 rings (SSSR count). The van der Waals surface area contributed by atoms with E-state index in [1.165, 1.54) is 15.8 Å². The zero-order chi connectivity index (χ0) is 20.8. The molecular weight excluding hydrogens is 407 g/mol. The normalized spacial score (nSPS) is 32.8. The van der Waals surface area contributed by atoms with Crippen LogP contribution in [-0.4, -0.2) is 35.1 Å². The number of allylic oxidation sites excluding steroid dienone is 6. The molecule has 154 valence electrons. The topological polar surface area (TPSA) is 25.4 Å². The molecule has 0 saturated carbocycles. The molecule has 0 N–H and O–H groups in total. The van der Waals surface area contributed by atoms with Crippen molar-refractivity contribution in [2.45, 2.75) is 24.7 Å². The van der Waals surface area contributed by atoms with Gasteiger partial charge in [0, 0.05) is 17.7 Å². The van der Waals surface area contributed by atoms with Crippen LogP contribution in [0.1, 0.15) is 11.4 Å². The van der Waals surface area contributed by atoms with E-state index in [2.05, 4.69) is 42.3 Å². The lowest BCUT2D eigenvalue weighted by molar-refractivity contribution is -0.116. The van der Waals surface area contributed by atoms with Crippen molar-refractivity contribution in [2.75, 3.05) is 13.6 Å². The number of thiazole rings is 1. The molecule has 1 aromatic carbocycles. The van der Waals surface area contributed by atoms with Gasteiger partial charge < -0.3 is 4.74 Å². The first-order valence-electron chi connectivity index (χ1n) is 10.7. The largest absolute Gasteiger partial charge is 0.370 e. The number of ether oxygens (including phenoxy) is 1. The SMILES string of the molecule is CN1CCC(OCc2nc3ccccc3s2)C2(c3cccc2c3F)C12c1cccc2c1. The molecule has 3 unspecified atom stereocenters. The zero-order valence-electron chi connectivity index (χ0n) is 17.1. The number of likely N-dealkylation sites (tertiary alicyclic amines) is 1. The number of likely N-dealkylation sites (N-methyl/N-ethyl adjacent to an activating group) is 1. The molecule has 4 aliphatic carbocycles. The molecule has 31 heavy (non-hydrogen) atoms. The second-order valence-electron chi connectivity index (χ2n) is 8.85. The third-order valence-corrected chi connectivity index (χ3v) is 8.66. The highest BCUT2D eigenvalue weighted by molar-refractivity contribution is 7.18. The van der Waals surface area contributed by atoms with Gasteiger partial charge in [-0.25, -0.2) is 9.37 Å². The highest BCUT2D eigenvalue weighted by Gasteiger charge is 2.74. The molecule has 2 aromatic rings. The summed E-state index contributed by atoms with van der Waals surface area (Å²) in [5.41, 5.74) is 4.25. The minimum atomic E-state index is -0.504. The lowest BCUT2D eigenvalue weighted by Gasteiger charge is -2.70. The number of benzene rings is 1. The summed E-state index contributed by atoms with van der Waals surface area (Å²) in [6, 6.07) is 8.18. The number of nitrogens with zero attached hydrogens (tertiary/aromatic N) is 2. The van der Waals surface area contributed by atoms with Gasteiger partial charge in [-0.3, -0.25) is 4.90 Å². The predicted octanol–water partition coefficient (Wildman–Crippen LogP) is 5.41. The average Bonchev–Trinajstić information content (AvgIpc) is 3.23. The van der Waals surface area contributed by atoms with Gasteiger partial charge >= 0.3 is 0 Å². The molecule has 4 bridgehead atoms. The van der Waals surface area contributed by atoms with Crippen molar-refractivity contribution >= 4 is 21.6 Å². The summed E-state index contributed by atoms with van der Waals surface area (Å²) in [6.07, 6.45) is 15.3. The van der Waals surface area contributed by atoms with E-state index >= 15 is 4.39 Å². The van der Waals surface area contributed by atoms with Crippen molar-refractivity contribution < 1.29 is 9.13 Å². The number of hydrogen-bond acceptors (Lipinski definition) is 4. The lowest BCUT2D eigenvalue weighted by atomic mass is 9.40. The number of piperidine rings is 1. The van der Waals surface area contributed by atoms with E-state index in [0.29, 0.717) is 6.61 Å². The molecule has 1 aromatic heterocycles. The Kier molecular flexibility index (Phi) is 3.49. The van der Waals surface area contributed by atoms with Gasteiger partial charge in [-0.2, -0.15) is 0 Å². The van der Waals surface area contributed by atoms with Gasteiger partial charge in [0.15, 0.2) is 0 Å². The second kappa shape index (κ2) is 6.00. The lowest BCUT2D eigenvalue weighted by Crippen LogP contribution is -2.75. The number of halogens is 1. The zero-order valence-corrected chi connectivity index (χ0v) is 18.0. The molecule has 3 nitrogen and oxygen atoms in total. The Morgan fingerprint density at radius 2 is 2.06 bits per heavy atom. The Bertz CT molecular complexity index is 1300. The third kappa shape index (κ3) is 1.94. The van der Waals surface area contributed by atoms with Crippen molar-refractivity contribution in [3.63, 3.8) is 0 Å². The van der Waals surface area contributed by atoms with E-state index in [0.717, 1.165) is 34.6 Å². The summed E-state index contributed by atoms with van der Waals surface area (Å²) in [5.74, 6) is -0.0686. The quantitative estimate of drug-likeness (QED) is 0.654. The second-order valence-corrected chi connectivity index (χ2v) is 9.97. The number of fused-ring (bicyclic) bond motifs is 1. The number of hydrogen-bond donors (Lipinski definition) is 0. The highest BCUT2D eigenvalue weighted by Crippen LogP contribution is 2.72. The Morgan fingerprint density at radius 1 is 1.19 bits per heavy atom. The Morgan fingerprint density at radius 3 is 2.77 bits per heavy atom. The van der Waals surface area contributed by atoms with Gasteiger partial charge in [0.25, 0.3) is 0 Å². The van der Waals surface area contributed by atoms with E-state index in [9.17, 15) is 0 Å². The fourth-order valence-electron chi connectivity index (χ4n) is 6.51. The molecular formula is C26H21FN2OS. The van der Waals surface area contributed by atoms with Crippen molar-refractivity contribution in [1.29, 1.82) is 0 Å². The molecule has 0 radical (unpaired) electrons. The van der Waals surface area contributed by atoms with E-state index in [1.54, 1.807) is 11.3 Å². The van der Waals surface area contributed by atoms with Crippen LogP contribution in [0.4, 0.5) is 4.39 Å². The van der Waals surface area contributed by atoms with Gasteiger partial charge in [0.1, 0.15) is 10.8 Å². The number of aromatic nitrogens is 1. The van der Waals surface area contributed by atoms with E-state index < -0.39 is 5.41 Å². The van der Waals surface area contributed by atoms with Crippen LogP contribution >= 0.6 is 11.3 Å². The van der Waals surface area contributed by atoms with Gasteiger partial charge in [0.05, 0.1) is 33.9 Å². The fourth-order valence-corrected chi connectivity index (χ4v) is 7.40. The van der Waals surface area contributed by atoms with Gasteiger partial charge in [-0.15, -0.1) is 11.3 Å². The Balaban J connectivity index is 1.32. The predicted molar refractivity (Wildman–Crippen MR) is 121 cm³/mol. The summed E-state index contributed by atoms with van der Waals surface area (Å²) in [6.45, 7) is 1.35. The van der Waals surface area contributed by atoms with Gasteiger partial charge in [0.2, 0.25) is 0 Å². The maximum absolute atomic E-state index is 15.2. The van der Waals surface area contributed by atoms with E-state index in [-0.39, 0.29) is 17.5 Å². The summed E-state index contributed by atoms with van der Waals surface area (Å²) in [5, 5.41) is 0.972. The molecule has 3 atom stereocenters. The van der Waals surface area contributed by atoms with Crippen LogP contribution in [0.15, 0.2) is 94.9 Å². The Labute approximate surface area is 184 Å².